The summed E-state index contributed by atoms with van der Waals surface area (Å²) in [6.45, 7) is 10.5. The Hall–Kier alpha value is -3.80. The van der Waals surface area contributed by atoms with E-state index in [9.17, 15) is 9.59 Å². The summed E-state index contributed by atoms with van der Waals surface area (Å²) in [6, 6.07) is 20.8. The fraction of sp³-hybridized carbons (Fsp3) is 0.514. The molecular formula is C37H54N6O2. The summed E-state index contributed by atoms with van der Waals surface area (Å²) >= 11 is 0. The Morgan fingerprint density at radius 2 is 1.78 bits per heavy atom. The van der Waals surface area contributed by atoms with E-state index >= 15 is 0 Å². The Balaban J connectivity index is 0.000000245. The van der Waals surface area contributed by atoms with Crippen LogP contribution in [0.5, 0.6) is 0 Å². The predicted octanol–water partition coefficient (Wildman–Crippen LogP) is 5.80. The summed E-state index contributed by atoms with van der Waals surface area (Å²) in [6.07, 6.45) is 14.2. The molecule has 0 spiro atoms. The molecule has 0 radical (unpaired) electrons. The van der Waals surface area contributed by atoms with Crippen LogP contribution in [0.25, 0.3) is 0 Å². The zero-order valence-corrected chi connectivity index (χ0v) is 27.9. The van der Waals surface area contributed by atoms with E-state index in [-0.39, 0.29) is 11.8 Å². The van der Waals surface area contributed by atoms with Crippen molar-refractivity contribution < 1.29 is 9.59 Å². The van der Waals surface area contributed by atoms with Gasteiger partial charge in [0, 0.05) is 63.4 Å². The largest absolute Gasteiger partial charge is 0.354 e. The number of benzene rings is 2. The van der Waals surface area contributed by atoms with E-state index in [2.05, 4.69) is 62.3 Å². The van der Waals surface area contributed by atoms with Gasteiger partial charge >= 0.3 is 0 Å². The topological polar surface area (TPSA) is 103 Å². The molecule has 1 aromatic heterocycles. The molecule has 8 heteroatoms. The molecule has 244 valence electrons. The van der Waals surface area contributed by atoms with Crippen LogP contribution < -0.4 is 10.6 Å². The second kappa shape index (κ2) is 22.7. The Labute approximate surface area is 271 Å². The number of aldehydes is 1. The van der Waals surface area contributed by atoms with Gasteiger partial charge in [-0.3, -0.25) is 4.79 Å². The standard InChI is InChI=1S/C15H23NO.C14H16N4.C8H15NO/c1-3-10-16(12-14(2)13-17)11-9-15-7-5-4-6-8-15;1-16-7-6-14-9-17-11-18(14)10-13-4-2-12(8-15)3-5-13;1-7(10)9-8-5-3-2-4-6-8/h4-8,13-14H,3,9-12H2,1-2H3;2-5,9,11,16H,6-7,10H2,1H3;8H,2-6H2,1H3,(H,9,10). The van der Waals surface area contributed by atoms with E-state index in [1.165, 1.54) is 48.9 Å². The normalized spacial score (nSPS) is 13.4. The highest BCUT2D eigenvalue weighted by atomic mass is 16.1. The molecule has 1 aliphatic rings. The van der Waals surface area contributed by atoms with Gasteiger partial charge in [-0.15, -0.1) is 0 Å². The van der Waals surface area contributed by atoms with E-state index in [0.29, 0.717) is 11.6 Å². The molecule has 0 saturated heterocycles. The molecule has 0 aliphatic heterocycles. The molecule has 8 nitrogen and oxygen atoms in total. The SMILES string of the molecule is CC(=O)NC1CCCCC1.CCCN(CCc1ccccc1)CC(C)C=O.CNCCc1cncn1Cc1ccc(C#N)cc1. The second-order valence-electron chi connectivity index (χ2n) is 11.9. The van der Waals surface area contributed by atoms with Crippen molar-refractivity contribution in [1.29, 1.82) is 5.26 Å². The van der Waals surface area contributed by atoms with Gasteiger partial charge in [0.05, 0.1) is 18.0 Å². The Bertz CT molecular complexity index is 1250. The van der Waals surface area contributed by atoms with Crippen molar-refractivity contribution in [3.63, 3.8) is 0 Å². The van der Waals surface area contributed by atoms with Gasteiger partial charge in [0.15, 0.2) is 0 Å². The first-order chi connectivity index (χ1) is 21.9. The maximum absolute atomic E-state index is 10.7. The molecule has 1 unspecified atom stereocenters. The highest BCUT2D eigenvalue weighted by Crippen LogP contribution is 2.17. The lowest BCUT2D eigenvalue weighted by atomic mass is 9.95. The Kier molecular flexibility index (Phi) is 18.8. The van der Waals surface area contributed by atoms with Gasteiger partial charge in [0.2, 0.25) is 5.91 Å². The second-order valence-corrected chi connectivity index (χ2v) is 11.9. The smallest absolute Gasteiger partial charge is 0.217 e. The molecule has 1 fully saturated rings. The third kappa shape index (κ3) is 16.2. The molecule has 1 heterocycles. The van der Waals surface area contributed by atoms with Gasteiger partial charge in [-0.1, -0.05) is 75.6 Å². The monoisotopic (exact) mass is 614 g/mol. The number of nitriles is 1. The lowest BCUT2D eigenvalue weighted by molar-refractivity contribution is -0.119. The van der Waals surface area contributed by atoms with Crippen molar-refractivity contribution in [1.82, 2.24) is 25.1 Å². The maximum Gasteiger partial charge on any atom is 0.217 e. The van der Waals surface area contributed by atoms with E-state index in [1.54, 1.807) is 6.92 Å². The van der Waals surface area contributed by atoms with E-state index in [1.807, 2.05) is 56.8 Å². The van der Waals surface area contributed by atoms with Gasteiger partial charge in [0.25, 0.3) is 0 Å². The third-order valence-electron chi connectivity index (χ3n) is 7.76. The van der Waals surface area contributed by atoms with Crippen LogP contribution in [-0.4, -0.2) is 65.9 Å². The van der Waals surface area contributed by atoms with Crippen LogP contribution in [0.4, 0.5) is 0 Å². The zero-order chi connectivity index (χ0) is 32.7. The first-order valence-electron chi connectivity index (χ1n) is 16.5. The minimum Gasteiger partial charge on any atom is -0.354 e. The fourth-order valence-electron chi connectivity index (χ4n) is 5.36. The molecule has 4 rings (SSSR count). The highest BCUT2D eigenvalue weighted by molar-refractivity contribution is 5.73. The highest BCUT2D eigenvalue weighted by Gasteiger charge is 2.13. The van der Waals surface area contributed by atoms with Crippen molar-refractivity contribution in [3.05, 3.63) is 89.5 Å². The van der Waals surface area contributed by atoms with Crippen molar-refractivity contribution >= 4 is 12.2 Å². The van der Waals surface area contributed by atoms with Crippen LogP contribution >= 0.6 is 0 Å². The lowest BCUT2D eigenvalue weighted by Gasteiger charge is -2.23. The molecule has 1 amide bonds. The molecule has 45 heavy (non-hydrogen) atoms. The van der Waals surface area contributed by atoms with Crippen molar-refractivity contribution in [3.8, 4) is 6.07 Å². The zero-order valence-electron chi connectivity index (χ0n) is 27.9. The van der Waals surface area contributed by atoms with E-state index in [4.69, 9.17) is 5.26 Å². The fourth-order valence-corrected chi connectivity index (χ4v) is 5.36. The molecule has 2 aromatic carbocycles. The number of amides is 1. The van der Waals surface area contributed by atoms with Crippen LogP contribution in [0.2, 0.25) is 0 Å². The maximum atomic E-state index is 10.7. The number of nitrogens with zero attached hydrogens (tertiary/aromatic N) is 4. The van der Waals surface area contributed by atoms with E-state index < -0.39 is 0 Å². The van der Waals surface area contributed by atoms with Gasteiger partial charge in [-0.25, -0.2) is 4.98 Å². The van der Waals surface area contributed by atoms with Crippen LogP contribution in [0.3, 0.4) is 0 Å². The van der Waals surface area contributed by atoms with Gasteiger partial charge in [-0.2, -0.15) is 5.26 Å². The molecular weight excluding hydrogens is 560 g/mol. The quantitative estimate of drug-likeness (QED) is 0.223. The number of carbonyl (C=O) groups is 2. The van der Waals surface area contributed by atoms with E-state index in [0.717, 1.165) is 58.3 Å². The average Bonchev–Trinajstić information content (AvgIpc) is 3.50. The number of aromatic nitrogens is 2. The molecule has 2 N–H and O–H groups in total. The third-order valence-corrected chi connectivity index (χ3v) is 7.76. The number of hydrogen-bond acceptors (Lipinski definition) is 6. The molecule has 1 aliphatic carbocycles. The minimum absolute atomic E-state index is 0.118. The van der Waals surface area contributed by atoms with Gasteiger partial charge in [-0.05, 0) is 62.5 Å². The van der Waals surface area contributed by atoms with Crippen LogP contribution in [0.1, 0.15) is 81.7 Å². The van der Waals surface area contributed by atoms with Gasteiger partial charge in [0.1, 0.15) is 6.29 Å². The lowest BCUT2D eigenvalue weighted by Crippen LogP contribution is -2.34. The van der Waals surface area contributed by atoms with Crippen LogP contribution in [0.15, 0.2) is 67.1 Å². The molecule has 1 atom stereocenters. The predicted molar refractivity (Wildman–Crippen MR) is 183 cm³/mol. The number of hydrogen-bond donors (Lipinski definition) is 2. The van der Waals surface area contributed by atoms with Crippen molar-refractivity contribution in [2.24, 2.45) is 5.92 Å². The number of carbonyl (C=O) groups excluding carboxylic acids is 2. The first-order valence-corrected chi connectivity index (χ1v) is 16.5. The molecule has 1 saturated carbocycles. The summed E-state index contributed by atoms with van der Waals surface area (Å²) < 4.78 is 2.14. The van der Waals surface area contributed by atoms with Crippen LogP contribution in [0, 0.1) is 17.2 Å². The Morgan fingerprint density at radius 1 is 1.07 bits per heavy atom. The number of rotatable bonds is 14. The van der Waals surface area contributed by atoms with Crippen molar-refractivity contribution in [2.45, 2.75) is 84.7 Å². The van der Waals surface area contributed by atoms with Crippen LogP contribution in [-0.2, 0) is 29.0 Å². The summed E-state index contributed by atoms with van der Waals surface area (Å²) in [5.41, 5.74) is 4.46. The van der Waals surface area contributed by atoms with Gasteiger partial charge < -0.3 is 24.9 Å². The van der Waals surface area contributed by atoms with Crippen molar-refractivity contribution in [2.75, 3.05) is 33.2 Å². The summed E-state index contributed by atoms with van der Waals surface area (Å²) in [5.74, 6) is 0.254. The molecule has 0 bridgehead atoms. The summed E-state index contributed by atoms with van der Waals surface area (Å²) in [7, 11) is 1.95. The minimum atomic E-state index is 0.118. The average molecular weight is 615 g/mol. The number of imidazole rings is 1. The number of nitrogens with one attached hydrogen (secondary N) is 2. The molecule has 3 aromatic rings. The first kappa shape index (κ1) is 37.4. The Morgan fingerprint density at radius 3 is 2.38 bits per heavy atom. The summed E-state index contributed by atoms with van der Waals surface area (Å²) in [4.78, 5) is 27.9. The number of likely N-dealkylation sites (N-methyl/N-ethyl adjacent to an activating group) is 1. The summed E-state index contributed by atoms with van der Waals surface area (Å²) in [5, 5.41) is 14.8.